The summed E-state index contributed by atoms with van der Waals surface area (Å²) >= 11 is 1.95. The van der Waals surface area contributed by atoms with Crippen LogP contribution in [0.3, 0.4) is 0 Å². The van der Waals surface area contributed by atoms with Crippen LogP contribution in [0.5, 0.6) is 0 Å². The maximum Gasteiger partial charge on any atom is 0.347 e. The van der Waals surface area contributed by atoms with E-state index in [0.29, 0.717) is 3.57 Å². The van der Waals surface area contributed by atoms with Crippen LogP contribution >= 0.6 is 22.6 Å². The molecule has 0 bridgehead atoms. The van der Waals surface area contributed by atoms with Gasteiger partial charge in [-0.3, -0.25) is 13.9 Å². The molecular formula is C15H15FIN3O4. The summed E-state index contributed by atoms with van der Waals surface area (Å²) in [6, 6.07) is 4.38. The zero-order valence-corrected chi connectivity index (χ0v) is 15.4. The van der Waals surface area contributed by atoms with Crippen LogP contribution < -0.4 is 16.6 Å². The Morgan fingerprint density at radius 1 is 1.29 bits per heavy atom. The minimum atomic E-state index is -0.887. The minimum absolute atomic E-state index is 0.0317. The number of rotatable bonds is 4. The van der Waals surface area contributed by atoms with Crippen LogP contribution in [0, 0.1) is 9.39 Å². The highest BCUT2D eigenvalue weighted by Gasteiger charge is 2.24. The van der Waals surface area contributed by atoms with Crippen molar-refractivity contribution < 1.29 is 13.9 Å². The first-order chi connectivity index (χ1) is 11.3. The van der Waals surface area contributed by atoms with Crippen molar-refractivity contribution in [2.24, 2.45) is 14.1 Å². The van der Waals surface area contributed by atoms with Crippen LogP contribution in [-0.4, -0.2) is 21.7 Å². The number of anilines is 2. The molecule has 2 aromatic rings. The molecule has 128 valence electrons. The molecule has 0 unspecified atom stereocenters. The molecule has 24 heavy (non-hydrogen) atoms. The number of nitrogens with zero attached hydrogens (tertiary/aromatic N) is 2. The van der Waals surface area contributed by atoms with Crippen LogP contribution in [0.15, 0.2) is 27.8 Å². The van der Waals surface area contributed by atoms with E-state index in [1.807, 2.05) is 22.6 Å². The molecule has 2 rings (SSSR count). The second kappa shape index (κ2) is 7.16. The molecule has 1 aromatic carbocycles. The number of carbonyl (C=O) groups is 1. The zero-order valence-electron chi connectivity index (χ0n) is 13.2. The van der Waals surface area contributed by atoms with Crippen LogP contribution in [0.1, 0.15) is 17.3 Å². The third-order valence-electron chi connectivity index (χ3n) is 3.33. The third-order valence-corrected chi connectivity index (χ3v) is 4.00. The summed E-state index contributed by atoms with van der Waals surface area (Å²) in [5, 5.41) is 2.65. The Bertz CT molecular complexity index is 920. The Morgan fingerprint density at radius 2 is 1.96 bits per heavy atom. The van der Waals surface area contributed by atoms with Crippen molar-refractivity contribution in [3.8, 4) is 0 Å². The first-order valence-corrected chi connectivity index (χ1v) is 8.05. The maximum atomic E-state index is 14.1. The topological polar surface area (TPSA) is 82.3 Å². The molecule has 0 aliphatic carbocycles. The molecule has 9 heteroatoms. The number of benzene rings is 1. The summed E-state index contributed by atoms with van der Waals surface area (Å²) < 4.78 is 21.5. The van der Waals surface area contributed by atoms with Gasteiger partial charge >= 0.3 is 11.7 Å². The second-order valence-corrected chi connectivity index (χ2v) is 6.14. The molecule has 1 aromatic heterocycles. The van der Waals surface area contributed by atoms with E-state index in [4.69, 9.17) is 4.74 Å². The lowest BCUT2D eigenvalue weighted by atomic mass is 10.2. The van der Waals surface area contributed by atoms with Gasteiger partial charge < -0.3 is 10.1 Å². The van der Waals surface area contributed by atoms with Crippen LogP contribution in [0.25, 0.3) is 0 Å². The number of carbonyl (C=O) groups excluding carboxylic acids is 1. The Hall–Kier alpha value is -2.17. The summed E-state index contributed by atoms with van der Waals surface area (Å²) in [4.78, 5) is 36.6. The third kappa shape index (κ3) is 3.35. The van der Waals surface area contributed by atoms with Crippen molar-refractivity contribution in [1.82, 2.24) is 9.13 Å². The Balaban J connectivity index is 2.69. The van der Waals surface area contributed by atoms with E-state index in [0.717, 1.165) is 9.13 Å². The van der Waals surface area contributed by atoms with Gasteiger partial charge in [-0.1, -0.05) is 0 Å². The smallest absolute Gasteiger partial charge is 0.347 e. The fourth-order valence-electron chi connectivity index (χ4n) is 2.10. The molecule has 0 atom stereocenters. The van der Waals surface area contributed by atoms with Crippen LogP contribution in [-0.2, 0) is 18.8 Å². The van der Waals surface area contributed by atoms with Crippen molar-refractivity contribution >= 4 is 40.1 Å². The summed E-state index contributed by atoms with van der Waals surface area (Å²) in [6.07, 6.45) is 0. The van der Waals surface area contributed by atoms with Crippen LogP contribution in [0.2, 0.25) is 0 Å². The molecule has 0 spiro atoms. The number of hydrogen-bond donors (Lipinski definition) is 1. The molecule has 0 radical (unpaired) electrons. The monoisotopic (exact) mass is 447 g/mol. The van der Waals surface area contributed by atoms with Gasteiger partial charge in [-0.15, -0.1) is 0 Å². The summed E-state index contributed by atoms with van der Waals surface area (Å²) in [5.74, 6) is -1.59. The molecule has 1 N–H and O–H groups in total. The molecule has 0 fully saturated rings. The van der Waals surface area contributed by atoms with Crippen molar-refractivity contribution in [2.45, 2.75) is 6.92 Å². The largest absolute Gasteiger partial charge is 0.462 e. The highest BCUT2D eigenvalue weighted by atomic mass is 127. The number of nitrogens with one attached hydrogen (secondary N) is 1. The van der Waals surface area contributed by atoms with Gasteiger partial charge in [0, 0.05) is 17.7 Å². The zero-order chi connectivity index (χ0) is 18.0. The van der Waals surface area contributed by atoms with Crippen molar-refractivity contribution in [2.75, 3.05) is 11.9 Å². The molecule has 7 nitrogen and oxygen atoms in total. The fourth-order valence-corrected chi connectivity index (χ4v) is 2.55. The lowest BCUT2D eigenvalue weighted by Crippen LogP contribution is -2.41. The highest BCUT2D eigenvalue weighted by Crippen LogP contribution is 2.22. The van der Waals surface area contributed by atoms with E-state index in [1.165, 1.54) is 26.2 Å². The first-order valence-electron chi connectivity index (χ1n) is 6.97. The van der Waals surface area contributed by atoms with Crippen molar-refractivity contribution in [1.29, 1.82) is 0 Å². The Morgan fingerprint density at radius 3 is 2.54 bits per heavy atom. The Kier molecular flexibility index (Phi) is 5.42. The predicted molar refractivity (Wildman–Crippen MR) is 95.3 cm³/mol. The summed E-state index contributed by atoms with van der Waals surface area (Å²) in [6.45, 7) is 1.65. The molecular weight excluding hydrogens is 432 g/mol. The second-order valence-electron chi connectivity index (χ2n) is 4.90. The average molecular weight is 447 g/mol. The van der Waals surface area contributed by atoms with Gasteiger partial charge in [0.2, 0.25) is 0 Å². The van der Waals surface area contributed by atoms with Crippen molar-refractivity contribution in [3.05, 3.63) is 54.0 Å². The van der Waals surface area contributed by atoms with Gasteiger partial charge in [0.25, 0.3) is 5.56 Å². The standard InChI is InChI=1S/C15H15FIN3O4/c1-4-24-14(22)11-12(19(2)15(23)20(3)13(11)21)18-10-6-5-8(17)7-9(10)16/h5-7,18H,4H2,1-3H3. The van der Waals surface area contributed by atoms with Gasteiger partial charge in [0.05, 0.1) is 12.3 Å². The average Bonchev–Trinajstić information content (AvgIpc) is 2.53. The van der Waals surface area contributed by atoms with Gasteiger partial charge in [-0.25, -0.2) is 14.0 Å². The van der Waals surface area contributed by atoms with E-state index < -0.39 is 23.0 Å². The van der Waals surface area contributed by atoms with Crippen LogP contribution in [0.4, 0.5) is 15.9 Å². The fraction of sp³-hybridized carbons (Fsp3) is 0.267. The Labute approximate surface area is 150 Å². The van der Waals surface area contributed by atoms with E-state index in [2.05, 4.69) is 5.32 Å². The van der Waals surface area contributed by atoms with Gasteiger partial charge in [-0.05, 0) is 47.7 Å². The lowest BCUT2D eigenvalue weighted by molar-refractivity contribution is 0.0523. The van der Waals surface area contributed by atoms with Crippen molar-refractivity contribution in [3.63, 3.8) is 0 Å². The quantitative estimate of drug-likeness (QED) is 0.571. The minimum Gasteiger partial charge on any atom is -0.462 e. The molecule has 0 aliphatic rings. The molecule has 1 heterocycles. The van der Waals surface area contributed by atoms with E-state index >= 15 is 0 Å². The van der Waals surface area contributed by atoms with Gasteiger partial charge in [0.1, 0.15) is 11.6 Å². The van der Waals surface area contributed by atoms with E-state index in [1.54, 1.807) is 13.0 Å². The maximum absolute atomic E-state index is 14.1. The number of esters is 1. The van der Waals surface area contributed by atoms with E-state index in [9.17, 15) is 18.8 Å². The molecule has 0 amide bonds. The highest BCUT2D eigenvalue weighted by molar-refractivity contribution is 14.1. The number of aromatic nitrogens is 2. The summed E-state index contributed by atoms with van der Waals surface area (Å²) in [7, 11) is 2.63. The molecule has 0 saturated heterocycles. The number of ether oxygens (including phenoxy) is 1. The molecule has 0 saturated carbocycles. The van der Waals surface area contributed by atoms with Gasteiger partial charge in [-0.2, -0.15) is 0 Å². The van der Waals surface area contributed by atoms with E-state index in [-0.39, 0.29) is 23.7 Å². The SMILES string of the molecule is CCOC(=O)c1c(Nc2ccc(I)cc2F)n(C)c(=O)n(C)c1=O. The normalized spacial score (nSPS) is 10.5. The predicted octanol–water partition coefficient (Wildman–Crippen LogP) is 1.75. The van der Waals surface area contributed by atoms with Gasteiger partial charge in [0.15, 0.2) is 5.56 Å². The number of hydrogen-bond acceptors (Lipinski definition) is 5. The number of halogens is 2. The summed E-state index contributed by atoms with van der Waals surface area (Å²) in [5.41, 5.74) is -1.80. The molecule has 0 aliphatic heterocycles. The lowest BCUT2D eigenvalue weighted by Gasteiger charge is -2.16. The first kappa shape index (κ1) is 18.2.